The Morgan fingerprint density at radius 3 is 2.93 bits per heavy atom. The number of aryl methyl sites for hydroxylation is 1. The fraction of sp³-hybridized carbons (Fsp3) is 0.100. The molecule has 76 valence electrons. The molecule has 0 N–H and O–H groups in total. The molecule has 0 aromatic carbocycles. The van der Waals surface area contributed by atoms with E-state index in [1.807, 2.05) is 18.4 Å². The van der Waals surface area contributed by atoms with Crippen LogP contribution in [-0.2, 0) is 0 Å². The van der Waals surface area contributed by atoms with E-state index in [0.29, 0.717) is 15.7 Å². The first-order valence-electron chi connectivity index (χ1n) is 4.24. The number of aromatic nitrogens is 2. The minimum atomic E-state index is -0.0753. The van der Waals surface area contributed by atoms with E-state index in [4.69, 9.17) is 0 Å². The number of halogens is 1. The van der Waals surface area contributed by atoms with Crippen molar-refractivity contribution in [1.29, 1.82) is 0 Å². The van der Waals surface area contributed by atoms with Crippen LogP contribution in [0.3, 0.4) is 0 Å². The van der Waals surface area contributed by atoms with Crippen LogP contribution in [0.4, 0.5) is 0 Å². The monoisotopic (exact) mass is 282 g/mol. The van der Waals surface area contributed by atoms with E-state index >= 15 is 0 Å². The zero-order chi connectivity index (χ0) is 10.8. The second-order valence-electron chi connectivity index (χ2n) is 2.99. The third-order valence-corrected chi connectivity index (χ3v) is 3.32. The van der Waals surface area contributed by atoms with Gasteiger partial charge < -0.3 is 0 Å². The molecule has 2 aromatic rings. The highest BCUT2D eigenvalue weighted by Gasteiger charge is 2.14. The van der Waals surface area contributed by atoms with Crippen LogP contribution < -0.4 is 0 Å². The van der Waals surface area contributed by atoms with E-state index in [0.717, 1.165) is 4.88 Å². The van der Waals surface area contributed by atoms with E-state index in [9.17, 15) is 4.79 Å². The summed E-state index contributed by atoms with van der Waals surface area (Å²) in [6, 6.07) is 1.86. The van der Waals surface area contributed by atoms with Gasteiger partial charge >= 0.3 is 0 Å². The van der Waals surface area contributed by atoms with E-state index in [2.05, 4.69) is 25.9 Å². The Labute approximate surface area is 99.3 Å². The molecule has 0 atom stereocenters. The van der Waals surface area contributed by atoms with Gasteiger partial charge in [0.2, 0.25) is 5.78 Å². The Kier molecular flexibility index (Phi) is 2.93. The molecular weight excluding hydrogens is 276 g/mol. The van der Waals surface area contributed by atoms with Crippen molar-refractivity contribution >= 4 is 33.0 Å². The lowest BCUT2D eigenvalue weighted by Crippen LogP contribution is -2.04. The Hall–Kier alpha value is -1.07. The van der Waals surface area contributed by atoms with E-state index < -0.39 is 0 Å². The fourth-order valence-electron chi connectivity index (χ4n) is 1.18. The number of hydrogen-bond donors (Lipinski definition) is 0. The molecular formula is C10H7BrN2OS. The first-order valence-corrected chi connectivity index (χ1v) is 5.91. The Balaban J connectivity index is 2.41. The lowest BCUT2D eigenvalue weighted by atomic mass is 10.1. The standard InChI is InChI=1S/C10H7BrN2OS/c1-6-2-7(4-15-6)10(14)9-8(11)3-12-5-13-9/h2-5H,1H3. The molecule has 2 aromatic heterocycles. The lowest BCUT2D eigenvalue weighted by Gasteiger charge is -1.98. The van der Waals surface area contributed by atoms with Crippen LogP contribution in [0.15, 0.2) is 28.4 Å². The van der Waals surface area contributed by atoms with E-state index in [1.165, 1.54) is 6.33 Å². The molecule has 2 heterocycles. The summed E-state index contributed by atoms with van der Waals surface area (Å²) in [5.74, 6) is -0.0753. The van der Waals surface area contributed by atoms with Crippen molar-refractivity contribution in [3.8, 4) is 0 Å². The molecule has 0 radical (unpaired) electrons. The minimum absolute atomic E-state index is 0.0753. The number of carbonyl (C=O) groups is 1. The Bertz CT molecular complexity index is 510. The van der Waals surface area contributed by atoms with Crippen molar-refractivity contribution in [2.75, 3.05) is 0 Å². The maximum Gasteiger partial charge on any atom is 0.213 e. The number of ketones is 1. The predicted molar refractivity (Wildman–Crippen MR) is 62.2 cm³/mol. The van der Waals surface area contributed by atoms with Crippen LogP contribution in [0.25, 0.3) is 0 Å². The van der Waals surface area contributed by atoms with Crippen LogP contribution >= 0.6 is 27.3 Å². The molecule has 0 aliphatic carbocycles. The molecule has 0 fully saturated rings. The van der Waals surface area contributed by atoms with Crippen LogP contribution in [0.1, 0.15) is 20.9 Å². The van der Waals surface area contributed by atoms with Crippen LogP contribution in [0.2, 0.25) is 0 Å². The Morgan fingerprint density at radius 1 is 1.53 bits per heavy atom. The number of nitrogens with zero attached hydrogens (tertiary/aromatic N) is 2. The molecule has 0 amide bonds. The number of rotatable bonds is 2. The highest BCUT2D eigenvalue weighted by molar-refractivity contribution is 9.10. The van der Waals surface area contributed by atoms with Gasteiger partial charge in [0, 0.05) is 22.0 Å². The van der Waals surface area contributed by atoms with Crippen molar-refractivity contribution in [2.24, 2.45) is 0 Å². The van der Waals surface area contributed by atoms with Gasteiger partial charge in [-0.05, 0) is 28.9 Å². The average Bonchev–Trinajstić information content (AvgIpc) is 2.65. The van der Waals surface area contributed by atoms with Gasteiger partial charge in [-0.3, -0.25) is 4.79 Å². The smallest absolute Gasteiger partial charge is 0.213 e. The van der Waals surface area contributed by atoms with Gasteiger partial charge in [-0.25, -0.2) is 9.97 Å². The summed E-state index contributed by atoms with van der Waals surface area (Å²) in [5, 5.41) is 1.84. The van der Waals surface area contributed by atoms with Crippen LogP contribution in [0, 0.1) is 6.92 Å². The summed E-state index contributed by atoms with van der Waals surface area (Å²) in [6.45, 7) is 1.97. The Morgan fingerprint density at radius 2 is 2.33 bits per heavy atom. The third-order valence-electron chi connectivity index (χ3n) is 1.88. The van der Waals surface area contributed by atoms with Gasteiger partial charge in [-0.1, -0.05) is 0 Å². The average molecular weight is 283 g/mol. The second kappa shape index (κ2) is 4.20. The van der Waals surface area contributed by atoms with Crippen LogP contribution in [0.5, 0.6) is 0 Å². The molecule has 2 rings (SSSR count). The topological polar surface area (TPSA) is 42.9 Å². The molecule has 0 aliphatic heterocycles. The molecule has 0 saturated carbocycles. The highest BCUT2D eigenvalue weighted by Crippen LogP contribution is 2.20. The maximum absolute atomic E-state index is 12.0. The number of carbonyl (C=O) groups excluding carboxylic acids is 1. The van der Waals surface area contributed by atoms with E-state index in [-0.39, 0.29) is 5.78 Å². The summed E-state index contributed by atoms with van der Waals surface area (Å²) >= 11 is 4.81. The highest BCUT2D eigenvalue weighted by atomic mass is 79.9. The number of thiophene rings is 1. The van der Waals surface area contributed by atoms with Crippen molar-refractivity contribution in [3.05, 3.63) is 44.6 Å². The molecule has 5 heteroatoms. The zero-order valence-corrected chi connectivity index (χ0v) is 10.3. The van der Waals surface area contributed by atoms with Gasteiger partial charge in [-0.2, -0.15) is 0 Å². The second-order valence-corrected chi connectivity index (χ2v) is 4.96. The van der Waals surface area contributed by atoms with Gasteiger partial charge in [0.05, 0.1) is 4.47 Å². The molecule has 3 nitrogen and oxygen atoms in total. The number of hydrogen-bond acceptors (Lipinski definition) is 4. The van der Waals surface area contributed by atoms with Gasteiger partial charge in [0.1, 0.15) is 12.0 Å². The van der Waals surface area contributed by atoms with Gasteiger partial charge in [-0.15, -0.1) is 11.3 Å². The fourth-order valence-corrected chi connectivity index (χ4v) is 2.26. The van der Waals surface area contributed by atoms with Gasteiger partial charge in [0.15, 0.2) is 0 Å². The quantitative estimate of drug-likeness (QED) is 0.796. The van der Waals surface area contributed by atoms with Crippen molar-refractivity contribution < 1.29 is 4.79 Å². The normalized spacial score (nSPS) is 10.3. The van der Waals surface area contributed by atoms with Gasteiger partial charge in [0.25, 0.3) is 0 Å². The summed E-state index contributed by atoms with van der Waals surface area (Å²) < 4.78 is 0.624. The maximum atomic E-state index is 12.0. The molecule has 15 heavy (non-hydrogen) atoms. The molecule has 0 aliphatic rings. The summed E-state index contributed by atoms with van der Waals surface area (Å²) in [4.78, 5) is 20.9. The molecule has 0 saturated heterocycles. The first-order chi connectivity index (χ1) is 7.18. The lowest BCUT2D eigenvalue weighted by molar-refractivity contribution is 0.103. The molecule has 0 unspecified atom stereocenters. The molecule has 0 spiro atoms. The van der Waals surface area contributed by atoms with Crippen LogP contribution in [-0.4, -0.2) is 15.8 Å². The summed E-state index contributed by atoms with van der Waals surface area (Å²) in [7, 11) is 0. The predicted octanol–water partition coefficient (Wildman–Crippen LogP) is 2.84. The third kappa shape index (κ3) is 2.13. The van der Waals surface area contributed by atoms with Crippen molar-refractivity contribution in [1.82, 2.24) is 9.97 Å². The van der Waals surface area contributed by atoms with E-state index in [1.54, 1.807) is 17.5 Å². The first kappa shape index (κ1) is 10.4. The minimum Gasteiger partial charge on any atom is -0.287 e. The van der Waals surface area contributed by atoms with Crippen molar-refractivity contribution in [2.45, 2.75) is 6.92 Å². The largest absolute Gasteiger partial charge is 0.287 e. The molecule has 0 bridgehead atoms. The van der Waals surface area contributed by atoms with Crippen molar-refractivity contribution in [3.63, 3.8) is 0 Å². The summed E-state index contributed by atoms with van der Waals surface area (Å²) in [6.07, 6.45) is 2.94. The SMILES string of the molecule is Cc1cc(C(=O)c2ncncc2Br)cs1. The summed E-state index contributed by atoms with van der Waals surface area (Å²) in [5.41, 5.74) is 1.08. The zero-order valence-electron chi connectivity index (χ0n) is 7.90.